The number of hydrogen-bond donors (Lipinski definition) is 1. The number of fused-ring (bicyclic) bond motifs is 1. The Bertz CT molecular complexity index is 1290. The van der Waals surface area contributed by atoms with Gasteiger partial charge < -0.3 is 5.32 Å². The predicted molar refractivity (Wildman–Crippen MR) is 138 cm³/mol. The fourth-order valence-corrected chi connectivity index (χ4v) is 9.50. The molecule has 1 aliphatic heterocycles. The highest BCUT2D eigenvalue weighted by Gasteiger charge is 2.59. The highest BCUT2D eigenvalue weighted by molar-refractivity contribution is 7.89. The lowest BCUT2D eigenvalue weighted by atomic mass is 9.43. The summed E-state index contributed by atoms with van der Waals surface area (Å²) in [6.45, 7) is 4.65. The molecule has 4 saturated carbocycles. The number of nitrogens with zero attached hydrogens (tertiary/aromatic N) is 3. The Labute approximate surface area is 218 Å². The molecule has 0 atom stereocenters. The molecule has 2 aromatic rings. The van der Waals surface area contributed by atoms with Crippen LogP contribution in [0.25, 0.3) is 0 Å². The normalized spacial score (nSPS) is 29.7. The molecule has 7 nitrogen and oxygen atoms in total. The van der Waals surface area contributed by atoms with E-state index in [1.165, 1.54) is 36.0 Å². The minimum atomic E-state index is -3.71. The van der Waals surface area contributed by atoms with Crippen LogP contribution in [-0.4, -0.2) is 35.1 Å². The third-order valence-electron chi connectivity index (χ3n) is 9.57. The van der Waals surface area contributed by atoms with Gasteiger partial charge in [-0.05, 0) is 86.3 Å². The topological polar surface area (TPSA) is 92.3 Å². The molecule has 0 spiro atoms. The largest absolute Gasteiger partial charge is 0.310 e. The molecule has 4 aliphatic carbocycles. The first-order valence-electron chi connectivity index (χ1n) is 13.0. The van der Waals surface area contributed by atoms with Gasteiger partial charge >= 0.3 is 0 Å². The fourth-order valence-electron chi connectivity index (χ4n) is 7.80. The Balaban J connectivity index is 1.23. The maximum absolute atomic E-state index is 13.8. The van der Waals surface area contributed by atoms with Gasteiger partial charge in [-0.15, -0.1) is 0 Å². The molecule has 1 N–H and O–H groups in total. The number of amides is 1. The van der Waals surface area contributed by atoms with E-state index in [0.29, 0.717) is 23.0 Å². The smallest absolute Gasteiger partial charge is 0.243 e. The van der Waals surface area contributed by atoms with E-state index in [2.05, 4.69) is 29.1 Å². The van der Waals surface area contributed by atoms with Gasteiger partial charge in [-0.25, -0.2) is 18.4 Å². The van der Waals surface area contributed by atoms with Crippen LogP contribution < -0.4 is 5.32 Å². The highest BCUT2D eigenvalue weighted by Crippen LogP contribution is 2.66. The van der Waals surface area contributed by atoms with Crippen molar-refractivity contribution in [2.75, 3.05) is 11.9 Å². The summed E-state index contributed by atoms with van der Waals surface area (Å²) in [5.41, 5.74) is 1.01. The van der Waals surface area contributed by atoms with Gasteiger partial charge in [-0.1, -0.05) is 31.5 Å². The van der Waals surface area contributed by atoms with E-state index in [-0.39, 0.29) is 29.3 Å². The van der Waals surface area contributed by atoms with E-state index < -0.39 is 15.4 Å². The Morgan fingerprint density at radius 3 is 2.42 bits per heavy atom. The van der Waals surface area contributed by atoms with Crippen LogP contribution in [0.1, 0.15) is 63.6 Å². The van der Waals surface area contributed by atoms with E-state index in [0.717, 1.165) is 42.6 Å². The second kappa shape index (κ2) is 8.50. The summed E-state index contributed by atoms with van der Waals surface area (Å²) in [6.07, 6.45) is 9.32. The zero-order valence-corrected chi connectivity index (χ0v) is 22.4. The van der Waals surface area contributed by atoms with Crippen LogP contribution in [0.4, 0.5) is 5.82 Å². The maximum atomic E-state index is 13.8. The predicted octanol–water partition coefficient (Wildman–Crippen LogP) is 5.06. The van der Waals surface area contributed by atoms with Gasteiger partial charge in [-0.3, -0.25) is 4.79 Å². The third kappa shape index (κ3) is 3.87. The van der Waals surface area contributed by atoms with Crippen molar-refractivity contribution >= 4 is 33.3 Å². The molecule has 192 valence electrons. The van der Waals surface area contributed by atoms with Gasteiger partial charge in [0.15, 0.2) is 0 Å². The molecule has 1 aromatic carbocycles. The quantitative estimate of drug-likeness (QED) is 0.585. The molecular formula is C27H33ClN4O3S. The lowest BCUT2D eigenvalue weighted by Crippen LogP contribution is -2.56. The van der Waals surface area contributed by atoms with Crippen LogP contribution in [0.2, 0.25) is 5.02 Å². The Kier molecular flexibility index (Phi) is 5.74. The van der Waals surface area contributed by atoms with Crippen LogP contribution >= 0.6 is 11.6 Å². The van der Waals surface area contributed by atoms with Gasteiger partial charge in [0.1, 0.15) is 12.1 Å². The average Bonchev–Trinajstić information content (AvgIpc) is 2.83. The number of rotatable bonds is 5. The molecule has 0 unspecified atom stereocenters. The number of benzene rings is 1. The molecule has 2 heterocycles. The molecule has 36 heavy (non-hydrogen) atoms. The van der Waals surface area contributed by atoms with Crippen LogP contribution in [0.5, 0.6) is 0 Å². The van der Waals surface area contributed by atoms with E-state index >= 15 is 0 Å². The van der Waals surface area contributed by atoms with Gasteiger partial charge in [0.2, 0.25) is 15.9 Å². The number of nitrogens with one attached hydrogen (secondary N) is 1. The first-order valence-corrected chi connectivity index (χ1v) is 14.8. The van der Waals surface area contributed by atoms with E-state index in [1.807, 2.05) is 0 Å². The van der Waals surface area contributed by atoms with E-state index in [1.54, 1.807) is 18.2 Å². The standard InChI is InChI=1S/C27H33ClN4O3S/c1-26(2,27-12-17-8-18(13-27)10-19(9-17)14-27)25(33)31-24-22-6-7-32(15-23(22)29-16-30-24)36(34,35)21-5-3-4-20(28)11-21/h3-5,11,16-19H,6-10,12-15H2,1-2H3,(H,29,30,31,33). The second-order valence-electron chi connectivity index (χ2n) is 12.0. The number of anilines is 1. The number of hydrogen-bond acceptors (Lipinski definition) is 5. The molecule has 5 aliphatic rings. The zero-order chi connectivity index (χ0) is 25.3. The number of carbonyl (C=O) groups excluding carboxylic acids is 1. The molecule has 1 amide bonds. The summed E-state index contributed by atoms with van der Waals surface area (Å²) in [7, 11) is -3.71. The van der Waals surface area contributed by atoms with E-state index in [4.69, 9.17) is 11.6 Å². The Hall–Kier alpha value is -2.03. The van der Waals surface area contributed by atoms with E-state index in [9.17, 15) is 13.2 Å². The molecule has 0 radical (unpaired) electrons. The van der Waals surface area contributed by atoms with Crippen molar-refractivity contribution in [3.05, 3.63) is 46.9 Å². The zero-order valence-electron chi connectivity index (χ0n) is 20.8. The monoisotopic (exact) mass is 528 g/mol. The van der Waals surface area contributed by atoms with Gasteiger partial charge in [0.25, 0.3) is 0 Å². The average molecular weight is 529 g/mol. The van der Waals surface area contributed by atoms with Crippen molar-refractivity contribution in [2.24, 2.45) is 28.6 Å². The molecule has 9 heteroatoms. The summed E-state index contributed by atoms with van der Waals surface area (Å²) in [6, 6.07) is 6.30. The first kappa shape index (κ1) is 24.3. The third-order valence-corrected chi connectivity index (χ3v) is 11.6. The van der Waals surface area contributed by atoms with Gasteiger partial charge in [-0.2, -0.15) is 4.31 Å². The van der Waals surface area contributed by atoms with Crippen LogP contribution in [0.15, 0.2) is 35.5 Å². The summed E-state index contributed by atoms with van der Waals surface area (Å²) >= 11 is 6.03. The van der Waals surface area contributed by atoms with Crippen molar-refractivity contribution in [3.8, 4) is 0 Å². The fraction of sp³-hybridized carbons (Fsp3) is 0.593. The van der Waals surface area contributed by atoms with Crippen molar-refractivity contribution in [1.82, 2.24) is 14.3 Å². The molecule has 4 bridgehead atoms. The summed E-state index contributed by atoms with van der Waals surface area (Å²) in [5.74, 6) is 2.83. The summed E-state index contributed by atoms with van der Waals surface area (Å²) in [5, 5.41) is 3.53. The van der Waals surface area contributed by atoms with Crippen molar-refractivity contribution in [3.63, 3.8) is 0 Å². The summed E-state index contributed by atoms with van der Waals surface area (Å²) < 4.78 is 27.8. The van der Waals surface area contributed by atoms with Crippen LogP contribution in [-0.2, 0) is 27.8 Å². The minimum absolute atomic E-state index is 0.0133. The first-order chi connectivity index (χ1) is 17.1. The van der Waals surface area contributed by atoms with Gasteiger partial charge in [0.05, 0.1) is 17.1 Å². The lowest BCUT2D eigenvalue weighted by Gasteiger charge is -2.61. The molecule has 1 aromatic heterocycles. The highest BCUT2D eigenvalue weighted by atomic mass is 35.5. The Morgan fingerprint density at radius 2 is 1.78 bits per heavy atom. The van der Waals surface area contributed by atoms with Crippen LogP contribution in [0.3, 0.4) is 0 Å². The number of halogens is 1. The molecule has 4 fully saturated rings. The SMILES string of the molecule is CC(C)(C(=O)Nc1ncnc2c1CCN(S(=O)(=O)c1cccc(Cl)c1)C2)C12CC3CC(CC(C3)C1)C2. The van der Waals surface area contributed by atoms with Crippen molar-refractivity contribution in [2.45, 2.75) is 70.2 Å². The molecule has 7 rings (SSSR count). The number of carbonyl (C=O) groups is 1. The van der Waals surface area contributed by atoms with Crippen LogP contribution in [0, 0.1) is 28.6 Å². The Morgan fingerprint density at radius 1 is 1.11 bits per heavy atom. The molecular weight excluding hydrogens is 496 g/mol. The maximum Gasteiger partial charge on any atom is 0.243 e. The van der Waals surface area contributed by atoms with Gasteiger partial charge in [0, 0.05) is 22.5 Å². The van der Waals surface area contributed by atoms with Crippen molar-refractivity contribution < 1.29 is 13.2 Å². The number of aromatic nitrogens is 2. The lowest BCUT2D eigenvalue weighted by molar-refractivity contribution is -0.151. The minimum Gasteiger partial charge on any atom is -0.310 e. The number of sulfonamides is 1. The molecule has 0 saturated heterocycles. The summed E-state index contributed by atoms with van der Waals surface area (Å²) in [4.78, 5) is 22.8. The van der Waals surface area contributed by atoms with Crippen molar-refractivity contribution in [1.29, 1.82) is 0 Å². The second-order valence-corrected chi connectivity index (χ2v) is 14.3.